The zero-order chi connectivity index (χ0) is 24.5. The highest BCUT2D eigenvalue weighted by molar-refractivity contribution is 5.98. The SMILES string of the molecule is COc1ccc(C(=O)N2CCc3c(c(C(=O)NCc4ccc5c(c4)OCO5)nn3C)C2)c(OC)c1. The Balaban J connectivity index is 1.33. The zero-order valence-electron chi connectivity index (χ0n) is 19.8. The minimum absolute atomic E-state index is 0.175. The highest BCUT2D eigenvalue weighted by Gasteiger charge is 2.31. The van der Waals surface area contributed by atoms with Crippen LogP contribution in [-0.2, 0) is 26.6 Å². The molecule has 10 nitrogen and oxygen atoms in total. The van der Waals surface area contributed by atoms with Gasteiger partial charge in [0.25, 0.3) is 11.8 Å². The Kier molecular flexibility index (Phi) is 5.94. The molecule has 0 atom stereocenters. The average molecular weight is 479 g/mol. The van der Waals surface area contributed by atoms with Gasteiger partial charge in [-0.1, -0.05) is 6.07 Å². The van der Waals surface area contributed by atoms with Crippen molar-refractivity contribution in [3.63, 3.8) is 0 Å². The molecular weight excluding hydrogens is 452 g/mol. The number of carbonyl (C=O) groups is 2. The van der Waals surface area contributed by atoms with Crippen molar-refractivity contribution in [3.8, 4) is 23.0 Å². The summed E-state index contributed by atoms with van der Waals surface area (Å²) in [7, 11) is 4.89. The summed E-state index contributed by atoms with van der Waals surface area (Å²) in [5.41, 5.74) is 3.35. The minimum Gasteiger partial charge on any atom is -0.497 e. The van der Waals surface area contributed by atoms with Crippen LogP contribution in [0, 0.1) is 0 Å². The van der Waals surface area contributed by atoms with Crippen LogP contribution in [0.5, 0.6) is 23.0 Å². The van der Waals surface area contributed by atoms with E-state index in [2.05, 4.69) is 10.4 Å². The van der Waals surface area contributed by atoms with Crippen molar-refractivity contribution in [2.75, 3.05) is 27.6 Å². The van der Waals surface area contributed by atoms with Gasteiger partial charge in [-0.15, -0.1) is 0 Å². The summed E-state index contributed by atoms with van der Waals surface area (Å²) in [5, 5.41) is 7.39. The fourth-order valence-electron chi connectivity index (χ4n) is 4.41. The molecule has 1 aromatic heterocycles. The first kappa shape index (κ1) is 22.6. The van der Waals surface area contributed by atoms with Gasteiger partial charge in [-0.2, -0.15) is 5.10 Å². The topological polar surface area (TPSA) is 104 Å². The van der Waals surface area contributed by atoms with Gasteiger partial charge in [-0.25, -0.2) is 0 Å². The molecule has 0 unspecified atom stereocenters. The monoisotopic (exact) mass is 478 g/mol. The summed E-state index contributed by atoms with van der Waals surface area (Å²) < 4.78 is 23.1. The lowest BCUT2D eigenvalue weighted by molar-refractivity contribution is 0.0727. The molecule has 2 aliphatic rings. The van der Waals surface area contributed by atoms with Gasteiger partial charge in [0.15, 0.2) is 17.2 Å². The quantitative estimate of drug-likeness (QED) is 0.580. The second-order valence-corrected chi connectivity index (χ2v) is 8.31. The molecule has 2 amide bonds. The number of nitrogens with one attached hydrogen (secondary N) is 1. The smallest absolute Gasteiger partial charge is 0.272 e. The van der Waals surface area contributed by atoms with Gasteiger partial charge in [-0.05, 0) is 29.8 Å². The Hall–Kier alpha value is -4.21. The van der Waals surface area contributed by atoms with Gasteiger partial charge in [0.2, 0.25) is 6.79 Å². The van der Waals surface area contributed by atoms with Gasteiger partial charge >= 0.3 is 0 Å². The number of carbonyl (C=O) groups excluding carboxylic acids is 2. The minimum atomic E-state index is -0.296. The van der Waals surface area contributed by atoms with E-state index in [4.69, 9.17) is 18.9 Å². The third-order valence-electron chi connectivity index (χ3n) is 6.27. The fraction of sp³-hybridized carbons (Fsp3) is 0.320. The fourth-order valence-corrected chi connectivity index (χ4v) is 4.41. The third kappa shape index (κ3) is 4.23. The lowest BCUT2D eigenvalue weighted by atomic mass is 10.0. The summed E-state index contributed by atoms with van der Waals surface area (Å²) in [6.07, 6.45) is 0.596. The number of rotatable bonds is 6. The van der Waals surface area contributed by atoms with E-state index >= 15 is 0 Å². The second-order valence-electron chi connectivity index (χ2n) is 8.31. The summed E-state index contributed by atoms with van der Waals surface area (Å²) in [6, 6.07) is 10.6. The van der Waals surface area contributed by atoms with Crippen molar-refractivity contribution < 1.29 is 28.5 Å². The summed E-state index contributed by atoms with van der Waals surface area (Å²) in [6.45, 7) is 1.30. The number of fused-ring (bicyclic) bond motifs is 2. The van der Waals surface area contributed by atoms with Crippen LogP contribution < -0.4 is 24.3 Å². The first-order valence-corrected chi connectivity index (χ1v) is 11.2. The third-order valence-corrected chi connectivity index (χ3v) is 6.27. The van der Waals surface area contributed by atoms with Crippen LogP contribution in [0.3, 0.4) is 0 Å². The first-order chi connectivity index (χ1) is 17.0. The Morgan fingerprint density at radius 2 is 1.91 bits per heavy atom. The van der Waals surface area contributed by atoms with E-state index in [1.807, 2.05) is 25.2 Å². The molecule has 5 rings (SSSR count). The molecule has 2 aliphatic heterocycles. The van der Waals surface area contributed by atoms with E-state index in [-0.39, 0.29) is 25.2 Å². The Morgan fingerprint density at radius 1 is 1.09 bits per heavy atom. The normalized spacial score (nSPS) is 13.9. The van der Waals surface area contributed by atoms with Crippen LogP contribution >= 0.6 is 0 Å². The van der Waals surface area contributed by atoms with Crippen molar-refractivity contribution in [1.82, 2.24) is 20.0 Å². The maximum atomic E-state index is 13.3. The molecule has 0 radical (unpaired) electrons. The molecule has 3 heterocycles. The van der Waals surface area contributed by atoms with E-state index in [9.17, 15) is 9.59 Å². The summed E-state index contributed by atoms with van der Waals surface area (Å²) in [5.74, 6) is 1.93. The number of amides is 2. The van der Waals surface area contributed by atoms with Gasteiger partial charge in [-0.3, -0.25) is 14.3 Å². The molecule has 0 aliphatic carbocycles. The maximum Gasteiger partial charge on any atom is 0.272 e. The highest BCUT2D eigenvalue weighted by Crippen LogP contribution is 2.33. The number of ether oxygens (including phenoxy) is 4. The average Bonchev–Trinajstić information content (AvgIpc) is 3.50. The molecule has 0 saturated heterocycles. The van der Waals surface area contributed by atoms with E-state index in [0.29, 0.717) is 53.8 Å². The maximum absolute atomic E-state index is 13.3. The van der Waals surface area contributed by atoms with Crippen LogP contribution in [0.1, 0.15) is 37.7 Å². The van der Waals surface area contributed by atoms with Crippen LogP contribution in [-0.4, -0.2) is 54.1 Å². The van der Waals surface area contributed by atoms with Crippen LogP contribution in [0.2, 0.25) is 0 Å². The Labute approximate surface area is 202 Å². The number of hydrogen-bond donors (Lipinski definition) is 1. The van der Waals surface area contributed by atoms with Gasteiger partial charge in [0, 0.05) is 43.9 Å². The Bertz CT molecular complexity index is 1300. The molecule has 10 heteroatoms. The number of benzene rings is 2. The number of hydrogen-bond acceptors (Lipinski definition) is 7. The van der Waals surface area contributed by atoms with E-state index < -0.39 is 0 Å². The molecule has 3 aromatic rings. The predicted molar refractivity (Wildman–Crippen MR) is 125 cm³/mol. The highest BCUT2D eigenvalue weighted by atomic mass is 16.7. The van der Waals surface area contributed by atoms with Crippen LogP contribution in [0.15, 0.2) is 36.4 Å². The van der Waals surface area contributed by atoms with Crippen molar-refractivity contribution >= 4 is 11.8 Å². The number of methoxy groups -OCH3 is 2. The molecule has 0 saturated carbocycles. The van der Waals surface area contributed by atoms with E-state index in [0.717, 1.165) is 16.8 Å². The molecule has 0 fully saturated rings. The van der Waals surface area contributed by atoms with E-state index in [1.165, 1.54) is 7.11 Å². The molecule has 2 aromatic carbocycles. The lowest BCUT2D eigenvalue weighted by Gasteiger charge is -2.28. The van der Waals surface area contributed by atoms with Crippen LogP contribution in [0.25, 0.3) is 0 Å². The Morgan fingerprint density at radius 3 is 2.71 bits per heavy atom. The number of aromatic nitrogens is 2. The first-order valence-electron chi connectivity index (χ1n) is 11.2. The van der Waals surface area contributed by atoms with Crippen molar-refractivity contribution in [3.05, 3.63) is 64.5 Å². The van der Waals surface area contributed by atoms with Gasteiger partial charge in [0.05, 0.1) is 26.3 Å². The number of nitrogens with zero attached hydrogens (tertiary/aromatic N) is 3. The molecule has 1 N–H and O–H groups in total. The number of aryl methyl sites for hydroxylation is 1. The van der Waals surface area contributed by atoms with Crippen molar-refractivity contribution in [2.45, 2.75) is 19.5 Å². The lowest BCUT2D eigenvalue weighted by Crippen LogP contribution is -2.37. The molecule has 0 bridgehead atoms. The van der Waals surface area contributed by atoms with Gasteiger partial charge in [0.1, 0.15) is 11.5 Å². The molecule has 0 spiro atoms. The largest absolute Gasteiger partial charge is 0.497 e. The molecular formula is C25H26N4O6. The second kappa shape index (κ2) is 9.21. The summed E-state index contributed by atoms with van der Waals surface area (Å²) in [4.78, 5) is 28.1. The van der Waals surface area contributed by atoms with E-state index in [1.54, 1.807) is 34.9 Å². The zero-order valence-corrected chi connectivity index (χ0v) is 19.8. The van der Waals surface area contributed by atoms with Crippen LogP contribution in [0.4, 0.5) is 0 Å². The van der Waals surface area contributed by atoms with Gasteiger partial charge < -0.3 is 29.2 Å². The molecule has 182 valence electrons. The predicted octanol–water partition coefficient (Wildman–Crippen LogP) is 2.29. The summed E-state index contributed by atoms with van der Waals surface area (Å²) >= 11 is 0. The van der Waals surface area contributed by atoms with Crippen molar-refractivity contribution in [2.24, 2.45) is 7.05 Å². The molecule has 35 heavy (non-hydrogen) atoms. The van der Waals surface area contributed by atoms with Crippen molar-refractivity contribution in [1.29, 1.82) is 0 Å². The standard InChI is InChI=1S/C25H26N4O6/c1-28-19-8-9-29(25(31)17-6-5-16(32-2)11-21(17)33-3)13-18(19)23(27-28)24(30)26-12-15-4-7-20-22(10-15)35-14-34-20/h4-7,10-11H,8-9,12-14H2,1-3H3,(H,26,30).